The van der Waals surface area contributed by atoms with Crippen LogP contribution in [0, 0.1) is 11.3 Å². The van der Waals surface area contributed by atoms with Gasteiger partial charge in [-0.1, -0.05) is 0 Å². The van der Waals surface area contributed by atoms with Crippen molar-refractivity contribution in [1.82, 2.24) is 0 Å². The lowest BCUT2D eigenvalue weighted by molar-refractivity contribution is -0.348. The molecule has 17 heavy (non-hydrogen) atoms. The summed E-state index contributed by atoms with van der Waals surface area (Å²) in [6, 6.07) is 1.93. The number of rotatable bonds is 5. The Morgan fingerprint density at radius 1 is 1.41 bits per heavy atom. The second-order valence-corrected chi connectivity index (χ2v) is 3.89. The Kier molecular flexibility index (Phi) is 5.27. The average molecular weight is 247 g/mol. The van der Waals surface area contributed by atoms with E-state index < -0.39 is 30.7 Å². The van der Waals surface area contributed by atoms with Gasteiger partial charge in [-0.3, -0.25) is 0 Å². The minimum absolute atomic E-state index is 0.105. The van der Waals surface area contributed by atoms with Crippen molar-refractivity contribution in [2.75, 3.05) is 19.8 Å². The van der Waals surface area contributed by atoms with Crippen molar-refractivity contribution in [3.63, 3.8) is 0 Å². The lowest BCUT2D eigenvalue weighted by atomic mass is 9.97. The number of unbranched alkanes of at least 4 members (excludes halogenated alkanes) is 1. The van der Waals surface area contributed by atoms with E-state index in [1.165, 1.54) is 0 Å². The predicted molar refractivity (Wildman–Crippen MR) is 54.6 cm³/mol. The van der Waals surface area contributed by atoms with Crippen LogP contribution in [-0.2, 0) is 9.47 Å². The third kappa shape index (κ3) is 3.13. The van der Waals surface area contributed by atoms with Crippen LogP contribution in [0.2, 0.25) is 0 Å². The van der Waals surface area contributed by atoms with E-state index in [1.54, 1.807) is 0 Å². The molecule has 98 valence electrons. The van der Waals surface area contributed by atoms with Gasteiger partial charge < -0.3 is 29.9 Å². The summed E-state index contributed by atoms with van der Waals surface area (Å²) in [5.41, 5.74) is 0. The molecule has 0 aromatic carbocycles. The van der Waals surface area contributed by atoms with E-state index in [9.17, 15) is 20.4 Å². The topological polar surface area (TPSA) is 123 Å². The van der Waals surface area contributed by atoms with Crippen LogP contribution in [-0.4, -0.2) is 64.3 Å². The van der Waals surface area contributed by atoms with Gasteiger partial charge in [-0.05, 0) is 6.42 Å². The highest BCUT2D eigenvalue weighted by atomic mass is 16.7. The normalized spacial score (nSPS) is 37.7. The first-order valence-electron chi connectivity index (χ1n) is 5.37. The molecule has 0 radical (unpaired) electrons. The second-order valence-electron chi connectivity index (χ2n) is 3.89. The molecule has 1 aliphatic rings. The van der Waals surface area contributed by atoms with Gasteiger partial charge in [0.1, 0.15) is 24.9 Å². The van der Waals surface area contributed by atoms with Gasteiger partial charge in [-0.25, -0.2) is 0 Å². The van der Waals surface area contributed by atoms with Crippen LogP contribution in [0.15, 0.2) is 0 Å². The smallest absolute Gasteiger partial charge is 0.221 e. The van der Waals surface area contributed by atoms with E-state index in [1.807, 2.05) is 6.07 Å². The number of aliphatic hydroxyl groups excluding tert-OH is 4. The fourth-order valence-electron chi connectivity index (χ4n) is 1.59. The van der Waals surface area contributed by atoms with Crippen LogP contribution in [0.3, 0.4) is 0 Å². The molecule has 1 rings (SSSR count). The summed E-state index contributed by atoms with van der Waals surface area (Å²) in [5.74, 6) is -1.73. The van der Waals surface area contributed by atoms with Gasteiger partial charge in [-0.15, -0.1) is 0 Å². The molecule has 4 N–H and O–H groups in total. The molecular weight excluding hydrogens is 230 g/mol. The Labute approximate surface area is 98.8 Å². The van der Waals surface area contributed by atoms with Crippen molar-refractivity contribution in [1.29, 1.82) is 5.26 Å². The van der Waals surface area contributed by atoms with E-state index in [4.69, 9.17) is 14.7 Å². The third-order valence-electron chi connectivity index (χ3n) is 2.67. The van der Waals surface area contributed by atoms with Crippen LogP contribution < -0.4 is 0 Å². The first-order valence-corrected chi connectivity index (χ1v) is 5.37. The standard InChI is InChI=1S/C10H17NO6/c11-3-1-2-4-16-10(6-12)9(15)8(14)7(13)5-17-10/h7-9,12-15H,1-2,4-6H2/t7-,8-,9+,10?/m1/s1. The number of hydrogen-bond acceptors (Lipinski definition) is 7. The molecule has 1 unspecified atom stereocenters. The Balaban J connectivity index is 2.58. The van der Waals surface area contributed by atoms with Crippen molar-refractivity contribution in [2.24, 2.45) is 0 Å². The molecule has 1 heterocycles. The summed E-state index contributed by atoms with van der Waals surface area (Å²) >= 11 is 0. The SMILES string of the molecule is N#CCCCOC1(CO)OC[C@@H](O)[C@@H](O)[C@@H]1O. The van der Waals surface area contributed by atoms with Gasteiger partial charge in [-0.2, -0.15) is 5.26 Å². The summed E-state index contributed by atoms with van der Waals surface area (Å²) in [6.45, 7) is -0.782. The minimum atomic E-state index is -1.73. The van der Waals surface area contributed by atoms with Crippen LogP contribution in [0.1, 0.15) is 12.8 Å². The molecule has 0 spiro atoms. The first kappa shape index (κ1) is 14.3. The minimum Gasteiger partial charge on any atom is -0.391 e. The zero-order chi connectivity index (χ0) is 12.9. The highest BCUT2D eigenvalue weighted by molar-refractivity contribution is 4.92. The summed E-state index contributed by atoms with van der Waals surface area (Å²) in [7, 11) is 0. The monoisotopic (exact) mass is 247 g/mol. The molecule has 0 amide bonds. The predicted octanol–water partition coefficient (Wildman–Crippen LogP) is -1.89. The van der Waals surface area contributed by atoms with Gasteiger partial charge >= 0.3 is 0 Å². The molecule has 0 bridgehead atoms. The molecule has 0 saturated carbocycles. The van der Waals surface area contributed by atoms with Crippen molar-refractivity contribution >= 4 is 0 Å². The van der Waals surface area contributed by atoms with Crippen LogP contribution in [0.5, 0.6) is 0 Å². The van der Waals surface area contributed by atoms with E-state index >= 15 is 0 Å². The zero-order valence-electron chi connectivity index (χ0n) is 9.32. The maximum absolute atomic E-state index is 9.73. The van der Waals surface area contributed by atoms with Crippen molar-refractivity contribution in [3.8, 4) is 6.07 Å². The quantitative estimate of drug-likeness (QED) is 0.419. The van der Waals surface area contributed by atoms with E-state index in [0.717, 1.165) is 0 Å². The number of hydrogen-bond donors (Lipinski definition) is 4. The third-order valence-corrected chi connectivity index (χ3v) is 2.67. The Hall–Kier alpha value is -0.750. The van der Waals surface area contributed by atoms with E-state index in [0.29, 0.717) is 6.42 Å². The zero-order valence-corrected chi connectivity index (χ0v) is 9.32. The Morgan fingerprint density at radius 3 is 2.71 bits per heavy atom. The Bertz CT molecular complexity index is 280. The van der Waals surface area contributed by atoms with Crippen molar-refractivity contribution in [2.45, 2.75) is 36.9 Å². The van der Waals surface area contributed by atoms with Crippen LogP contribution in [0.25, 0.3) is 0 Å². The largest absolute Gasteiger partial charge is 0.391 e. The lowest BCUT2D eigenvalue weighted by Gasteiger charge is -2.43. The maximum Gasteiger partial charge on any atom is 0.221 e. The van der Waals surface area contributed by atoms with Gasteiger partial charge in [0.2, 0.25) is 5.79 Å². The van der Waals surface area contributed by atoms with Gasteiger partial charge in [0.05, 0.1) is 19.3 Å². The molecule has 0 aromatic heterocycles. The fraction of sp³-hybridized carbons (Fsp3) is 0.900. The summed E-state index contributed by atoms with van der Waals surface area (Å²) in [6.07, 6.45) is -3.49. The van der Waals surface area contributed by atoms with Crippen molar-refractivity contribution < 1.29 is 29.9 Å². The molecule has 0 aliphatic carbocycles. The number of aliphatic hydroxyl groups is 4. The summed E-state index contributed by atoms with van der Waals surface area (Å²) < 4.78 is 10.3. The molecule has 0 aromatic rings. The molecular formula is C10H17NO6. The number of nitrogens with zero attached hydrogens (tertiary/aromatic N) is 1. The van der Waals surface area contributed by atoms with Crippen LogP contribution >= 0.6 is 0 Å². The molecule has 1 fully saturated rings. The van der Waals surface area contributed by atoms with Gasteiger partial charge in [0, 0.05) is 6.42 Å². The van der Waals surface area contributed by atoms with E-state index in [2.05, 4.69) is 0 Å². The molecule has 1 aliphatic heterocycles. The van der Waals surface area contributed by atoms with Crippen molar-refractivity contribution in [3.05, 3.63) is 0 Å². The average Bonchev–Trinajstić information content (AvgIpc) is 2.35. The summed E-state index contributed by atoms with van der Waals surface area (Å²) in [5, 5.41) is 46.0. The number of ether oxygens (including phenoxy) is 2. The highest BCUT2D eigenvalue weighted by Crippen LogP contribution is 2.27. The molecule has 4 atom stereocenters. The fourth-order valence-corrected chi connectivity index (χ4v) is 1.59. The highest BCUT2D eigenvalue weighted by Gasteiger charge is 2.50. The second kappa shape index (κ2) is 6.26. The van der Waals surface area contributed by atoms with Gasteiger partial charge in [0.25, 0.3) is 0 Å². The van der Waals surface area contributed by atoms with Crippen LogP contribution in [0.4, 0.5) is 0 Å². The van der Waals surface area contributed by atoms with Gasteiger partial charge in [0.15, 0.2) is 0 Å². The molecule has 7 heteroatoms. The molecule has 7 nitrogen and oxygen atoms in total. The summed E-state index contributed by atoms with van der Waals surface area (Å²) in [4.78, 5) is 0. The van der Waals surface area contributed by atoms with E-state index in [-0.39, 0.29) is 19.6 Å². The Morgan fingerprint density at radius 2 is 2.12 bits per heavy atom. The number of nitriles is 1. The lowest BCUT2D eigenvalue weighted by Crippen LogP contribution is -2.63. The first-order chi connectivity index (χ1) is 8.07. The maximum atomic E-state index is 9.73. The molecule has 1 saturated heterocycles.